The molecule has 3 saturated heterocycles. The molecule has 4 aliphatic rings. The molecule has 10 rings (SSSR count). The van der Waals surface area contributed by atoms with Gasteiger partial charge in [-0.1, -0.05) is 54.6 Å². The molecule has 0 amide bonds. The van der Waals surface area contributed by atoms with Crippen LogP contribution in [0.4, 0.5) is 69.0 Å². The van der Waals surface area contributed by atoms with E-state index in [1.165, 1.54) is 38.5 Å². The molecule has 0 unspecified atom stereocenters. The number of nitrogens with zero attached hydrogens (tertiary/aromatic N) is 9. The summed E-state index contributed by atoms with van der Waals surface area (Å²) in [6, 6.07) is 45.4. The van der Waals surface area contributed by atoms with Crippen molar-refractivity contribution in [2.75, 3.05) is 68.7 Å². The maximum absolute atomic E-state index is 5.60. The number of rotatable bonds is 6. The van der Waals surface area contributed by atoms with E-state index in [-0.39, 0.29) is 0 Å². The first-order valence-corrected chi connectivity index (χ1v) is 19.6. The molecule has 0 aliphatic carbocycles. The number of aromatic nitrogens is 3. The SMILES string of the molecule is c1ccc(N2c3cc(N4CCCC4)cc(n3)N(c3ccccc3)c3cc(N4CCCC4)cc(n3)N(c3ccccc3)c3cc(N4CCCC4)cc2n3)cc1. The Hall–Kier alpha value is -6.09. The summed E-state index contributed by atoms with van der Waals surface area (Å²) in [7, 11) is 0. The molecule has 6 bridgehead atoms. The Morgan fingerprint density at radius 1 is 0.278 bits per heavy atom. The van der Waals surface area contributed by atoms with Crippen LogP contribution in [0.5, 0.6) is 0 Å². The highest BCUT2D eigenvalue weighted by atomic mass is 15.4. The minimum absolute atomic E-state index is 0.821. The van der Waals surface area contributed by atoms with Gasteiger partial charge in [-0.25, -0.2) is 15.0 Å². The average molecular weight is 712 g/mol. The van der Waals surface area contributed by atoms with Crippen molar-refractivity contribution in [3.8, 4) is 0 Å². The Bertz CT molecular complexity index is 1910. The first-order chi connectivity index (χ1) is 26.7. The summed E-state index contributed by atoms with van der Waals surface area (Å²) < 4.78 is 0. The summed E-state index contributed by atoms with van der Waals surface area (Å²) in [5.41, 5.74) is 6.50. The highest BCUT2D eigenvalue weighted by Gasteiger charge is 2.30. The number of fused-ring (bicyclic) bond motifs is 6. The second-order valence-electron chi connectivity index (χ2n) is 14.7. The molecular formula is C45H45N9. The van der Waals surface area contributed by atoms with E-state index in [2.05, 4.69) is 157 Å². The molecule has 3 aromatic heterocycles. The summed E-state index contributed by atoms with van der Waals surface area (Å²) in [4.78, 5) is 31.0. The number of anilines is 12. The Kier molecular flexibility index (Phi) is 8.47. The van der Waals surface area contributed by atoms with Gasteiger partial charge in [0.2, 0.25) is 0 Å². The van der Waals surface area contributed by atoms with Crippen LogP contribution in [0.1, 0.15) is 38.5 Å². The van der Waals surface area contributed by atoms with Gasteiger partial charge >= 0.3 is 0 Å². The maximum Gasteiger partial charge on any atom is 0.143 e. The lowest BCUT2D eigenvalue weighted by Gasteiger charge is -2.34. The zero-order chi connectivity index (χ0) is 35.8. The molecule has 54 heavy (non-hydrogen) atoms. The molecule has 9 heteroatoms. The van der Waals surface area contributed by atoms with Gasteiger partial charge in [0, 0.05) is 110 Å². The fraction of sp³-hybridized carbons (Fsp3) is 0.267. The molecule has 0 radical (unpaired) electrons. The highest BCUT2D eigenvalue weighted by molar-refractivity contribution is 5.86. The third kappa shape index (κ3) is 6.13. The standard InChI is InChI=1S/C45H45N9/c1-4-16-34(17-5-1)52-40-28-37(49-22-10-11-23-49)30-42(46-40)53(35-18-6-2-7-19-35)44-32-39(51-26-14-15-27-51)33-45(48-44)54(36-20-8-3-9-21-36)43-31-38(29-41(52)47-43)50-24-12-13-25-50/h1-9,16-21,28-33H,10-15,22-27H2. The topological polar surface area (TPSA) is 58.1 Å². The monoisotopic (exact) mass is 711 g/mol. The van der Waals surface area contributed by atoms with E-state index in [9.17, 15) is 0 Å². The Balaban J connectivity index is 1.32. The van der Waals surface area contributed by atoms with Gasteiger partial charge in [0.1, 0.15) is 34.9 Å². The van der Waals surface area contributed by atoms with Crippen LogP contribution in [0, 0.1) is 0 Å². The van der Waals surface area contributed by atoms with Gasteiger partial charge in [-0.15, -0.1) is 0 Å². The van der Waals surface area contributed by atoms with Crippen LogP contribution in [0.2, 0.25) is 0 Å². The minimum Gasteiger partial charge on any atom is -0.371 e. The molecule has 0 N–H and O–H groups in total. The third-order valence-electron chi connectivity index (χ3n) is 11.2. The molecule has 3 aromatic carbocycles. The fourth-order valence-corrected chi connectivity index (χ4v) is 8.50. The smallest absolute Gasteiger partial charge is 0.143 e. The summed E-state index contributed by atoms with van der Waals surface area (Å²) in [6.45, 7) is 6.11. The van der Waals surface area contributed by atoms with Gasteiger partial charge in [0.05, 0.1) is 0 Å². The molecule has 6 aromatic rings. The van der Waals surface area contributed by atoms with Crippen molar-refractivity contribution in [1.82, 2.24) is 15.0 Å². The van der Waals surface area contributed by atoms with Gasteiger partial charge < -0.3 is 14.7 Å². The summed E-state index contributed by atoms with van der Waals surface area (Å²) >= 11 is 0. The number of benzene rings is 3. The molecule has 4 aliphatic heterocycles. The second-order valence-corrected chi connectivity index (χ2v) is 14.7. The van der Waals surface area contributed by atoms with E-state index in [1.54, 1.807) is 0 Å². The lowest BCUT2D eigenvalue weighted by atomic mass is 10.2. The first-order valence-electron chi connectivity index (χ1n) is 19.6. The normalized spacial score (nSPS) is 16.9. The molecule has 0 spiro atoms. The molecule has 0 atom stereocenters. The van der Waals surface area contributed by atoms with E-state index in [4.69, 9.17) is 15.0 Å². The van der Waals surface area contributed by atoms with Gasteiger partial charge in [0.15, 0.2) is 0 Å². The summed E-state index contributed by atoms with van der Waals surface area (Å²) in [6.07, 6.45) is 7.08. The maximum atomic E-state index is 5.60. The van der Waals surface area contributed by atoms with Crippen molar-refractivity contribution < 1.29 is 0 Å². The summed E-state index contributed by atoms with van der Waals surface area (Å²) in [5.74, 6) is 4.92. The van der Waals surface area contributed by atoms with E-state index in [1.807, 2.05) is 0 Å². The molecule has 270 valence electrons. The zero-order valence-corrected chi connectivity index (χ0v) is 30.6. The zero-order valence-electron chi connectivity index (χ0n) is 30.6. The number of hydrogen-bond acceptors (Lipinski definition) is 9. The molecule has 9 nitrogen and oxygen atoms in total. The number of para-hydroxylation sites is 3. The van der Waals surface area contributed by atoms with Gasteiger partial charge in [-0.2, -0.15) is 0 Å². The van der Waals surface area contributed by atoms with Gasteiger partial charge in [-0.3, -0.25) is 14.7 Å². The van der Waals surface area contributed by atoms with Crippen LogP contribution in [0.15, 0.2) is 127 Å². The van der Waals surface area contributed by atoms with Crippen LogP contribution in [0.25, 0.3) is 0 Å². The Morgan fingerprint density at radius 3 is 0.722 bits per heavy atom. The van der Waals surface area contributed by atoms with Crippen molar-refractivity contribution in [1.29, 1.82) is 0 Å². The average Bonchev–Trinajstić information content (AvgIpc) is 4.05. The van der Waals surface area contributed by atoms with Crippen LogP contribution in [0.3, 0.4) is 0 Å². The molecule has 3 fully saturated rings. The largest absolute Gasteiger partial charge is 0.371 e. The quantitative estimate of drug-likeness (QED) is 0.168. The lowest BCUT2D eigenvalue weighted by Crippen LogP contribution is -2.25. The highest BCUT2D eigenvalue weighted by Crippen LogP contribution is 2.46. The van der Waals surface area contributed by atoms with E-state index < -0.39 is 0 Å². The second kappa shape index (κ2) is 14.0. The van der Waals surface area contributed by atoms with E-state index >= 15 is 0 Å². The molecule has 0 saturated carbocycles. The van der Waals surface area contributed by atoms with Gasteiger partial charge in [-0.05, 0) is 74.9 Å². The van der Waals surface area contributed by atoms with Crippen molar-refractivity contribution in [3.63, 3.8) is 0 Å². The van der Waals surface area contributed by atoms with Gasteiger partial charge in [0.25, 0.3) is 0 Å². The Labute approximate surface area is 317 Å². The minimum atomic E-state index is 0.821. The Morgan fingerprint density at radius 2 is 0.500 bits per heavy atom. The molecular weight excluding hydrogens is 667 g/mol. The van der Waals surface area contributed by atoms with Crippen LogP contribution >= 0.6 is 0 Å². The summed E-state index contributed by atoms with van der Waals surface area (Å²) in [5, 5.41) is 0. The van der Waals surface area contributed by atoms with Crippen molar-refractivity contribution in [2.24, 2.45) is 0 Å². The van der Waals surface area contributed by atoms with Crippen LogP contribution in [-0.4, -0.2) is 54.2 Å². The van der Waals surface area contributed by atoms with Crippen molar-refractivity contribution in [2.45, 2.75) is 38.5 Å². The predicted molar refractivity (Wildman–Crippen MR) is 222 cm³/mol. The molecule has 7 heterocycles. The van der Waals surface area contributed by atoms with Crippen molar-refractivity contribution >= 4 is 69.0 Å². The van der Waals surface area contributed by atoms with Crippen LogP contribution < -0.4 is 29.4 Å². The van der Waals surface area contributed by atoms with E-state index in [0.717, 1.165) is 108 Å². The predicted octanol–water partition coefficient (Wildman–Crippen LogP) is 10.4. The number of hydrogen-bond donors (Lipinski definition) is 0. The van der Waals surface area contributed by atoms with Crippen molar-refractivity contribution in [3.05, 3.63) is 127 Å². The number of pyridine rings is 3. The third-order valence-corrected chi connectivity index (χ3v) is 11.2. The fourth-order valence-electron chi connectivity index (χ4n) is 8.50. The van der Waals surface area contributed by atoms with Crippen LogP contribution in [-0.2, 0) is 0 Å². The van der Waals surface area contributed by atoms with E-state index in [0.29, 0.717) is 0 Å². The first kappa shape index (κ1) is 32.6. The lowest BCUT2D eigenvalue weighted by molar-refractivity contribution is 0.949.